The molecule has 0 bridgehead atoms. The van der Waals surface area contributed by atoms with Crippen molar-refractivity contribution in [3.05, 3.63) is 53.9 Å². The van der Waals surface area contributed by atoms with Crippen molar-refractivity contribution < 1.29 is 50.9 Å². The van der Waals surface area contributed by atoms with E-state index in [1.165, 1.54) is 0 Å². The lowest BCUT2D eigenvalue weighted by atomic mass is 10.1. The van der Waals surface area contributed by atoms with Crippen molar-refractivity contribution in [2.24, 2.45) is 0 Å². The van der Waals surface area contributed by atoms with Gasteiger partial charge in [-0.2, -0.15) is 26.3 Å². The molecule has 38 heavy (non-hydrogen) atoms. The highest BCUT2D eigenvalue weighted by molar-refractivity contribution is 5.92. The van der Waals surface area contributed by atoms with Crippen molar-refractivity contribution in [2.75, 3.05) is 13.1 Å². The molecule has 0 aromatic carbocycles. The minimum Gasteiger partial charge on any atom is -0.475 e. The molecule has 4 rings (SSSR count). The minimum atomic E-state index is -5.08. The fourth-order valence-electron chi connectivity index (χ4n) is 3.98. The number of pyridine rings is 1. The van der Waals surface area contributed by atoms with E-state index in [1.807, 2.05) is 17.9 Å². The van der Waals surface area contributed by atoms with Crippen LogP contribution >= 0.6 is 0 Å². The maximum atomic E-state index is 12.7. The quantitative estimate of drug-likeness (QED) is 0.552. The molecule has 2 atom stereocenters. The highest BCUT2D eigenvalue weighted by Gasteiger charge is 2.44. The Bertz CT molecular complexity index is 1090. The summed E-state index contributed by atoms with van der Waals surface area (Å²) in [6.07, 6.45) is -3.41. The van der Waals surface area contributed by atoms with Crippen LogP contribution in [0.3, 0.4) is 0 Å². The number of aromatic nitrogens is 3. The van der Waals surface area contributed by atoms with E-state index in [4.69, 9.17) is 19.8 Å². The predicted molar refractivity (Wildman–Crippen MR) is 117 cm³/mol. The summed E-state index contributed by atoms with van der Waals surface area (Å²) in [6.45, 7) is 4.68. The number of aryl methyl sites for hydroxylation is 1. The average Bonchev–Trinajstić information content (AvgIpc) is 3.42. The molecule has 0 unspecified atom stereocenters. The van der Waals surface area contributed by atoms with Gasteiger partial charge in [0.25, 0.3) is 5.91 Å². The van der Waals surface area contributed by atoms with Crippen LogP contribution in [0.4, 0.5) is 26.3 Å². The van der Waals surface area contributed by atoms with E-state index in [1.54, 1.807) is 18.6 Å². The topological polar surface area (TPSA) is 137 Å². The Labute approximate surface area is 211 Å². The van der Waals surface area contributed by atoms with Crippen molar-refractivity contribution in [3.63, 3.8) is 0 Å². The molecule has 2 saturated heterocycles. The van der Waals surface area contributed by atoms with Gasteiger partial charge in [-0.1, -0.05) is 6.07 Å². The number of rotatable bonds is 3. The highest BCUT2D eigenvalue weighted by Crippen LogP contribution is 2.33. The number of likely N-dealkylation sites (tertiary alicyclic amines) is 2. The third-order valence-corrected chi connectivity index (χ3v) is 5.53. The van der Waals surface area contributed by atoms with Crippen molar-refractivity contribution in [2.45, 2.75) is 50.7 Å². The number of hydrogen-bond acceptors (Lipinski definition) is 7. The number of hydrogen-bond donors (Lipinski definition) is 2. The van der Waals surface area contributed by atoms with E-state index in [9.17, 15) is 31.1 Å². The maximum absolute atomic E-state index is 12.7. The first kappa shape index (κ1) is 30.4. The second-order valence-corrected chi connectivity index (χ2v) is 8.15. The Morgan fingerprint density at radius 1 is 0.947 bits per heavy atom. The van der Waals surface area contributed by atoms with Crippen LogP contribution < -0.4 is 0 Å². The first-order valence-electron chi connectivity index (χ1n) is 10.9. The van der Waals surface area contributed by atoms with Crippen LogP contribution in [0.15, 0.2) is 36.8 Å². The first-order chi connectivity index (χ1) is 17.6. The SMILES string of the molecule is Cc1cccc(CN2CC[C@@H]3[C@@H]2CCN3C(=O)c2cnccn2)n1.O=C(O)C(F)(F)F.O=C(O)C(F)(F)F. The molecule has 2 aromatic rings. The van der Waals surface area contributed by atoms with Gasteiger partial charge in [0, 0.05) is 49.8 Å². The van der Waals surface area contributed by atoms with Crippen molar-refractivity contribution in [1.29, 1.82) is 0 Å². The van der Waals surface area contributed by atoms with Gasteiger partial charge < -0.3 is 15.1 Å². The van der Waals surface area contributed by atoms with Gasteiger partial charge in [0.2, 0.25) is 0 Å². The van der Waals surface area contributed by atoms with Gasteiger partial charge in [-0.3, -0.25) is 19.7 Å². The lowest BCUT2D eigenvalue weighted by Crippen LogP contribution is -2.40. The van der Waals surface area contributed by atoms with Gasteiger partial charge in [-0.05, 0) is 31.9 Å². The number of alkyl halides is 6. The van der Waals surface area contributed by atoms with E-state index in [2.05, 4.69) is 32.0 Å². The summed E-state index contributed by atoms with van der Waals surface area (Å²) in [5, 5.41) is 14.2. The molecule has 0 spiro atoms. The minimum absolute atomic E-state index is 0.00568. The largest absolute Gasteiger partial charge is 0.490 e. The third-order valence-electron chi connectivity index (χ3n) is 5.53. The van der Waals surface area contributed by atoms with Crippen LogP contribution in [-0.4, -0.2) is 90.3 Å². The molecule has 208 valence electrons. The third kappa shape index (κ3) is 8.64. The van der Waals surface area contributed by atoms with Gasteiger partial charge in [0.05, 0.1) is 11.9 Å². The van der Waals surface area contributed by atoms with E-state index in [0.717, 1.165) is 43.9 Å². The van der Waals surface area contributed by atoms with E-state index in [0.29, 0.717) is 11.7 Å². The van der Waals surface area contributed by atoms with Crippen molar-refractivity contribution in [3.8, 4) is 0 Å². The fraction of sp³-hybridized carbons (Fsp3) is 0.455. The number of carbonyl (C=O) groups is 3. The summed E-state index contributed by atoms with van der Waals surface area (Å²) in [7, 11) is 0. The maximum Gasteiger partial charge on any atom is 0.490 e. The molecule has 0 saturated carbocycles. The van der Waals surface area contributed by atoms with E-state index < -0.39 is 24.3 Å². The number of carboxylic acid groups (broad SMARTS) is 2. The first-order valence-corrected chi connectivity index (χ1v) is 10.9. The number of fused-ring (bicyclic) bond motifs is 1. The highest BCUT2D eigenvalue weighted by atomic mass is 19.4. The molecule has 2 fully saturated rings. The average molecular weight is 551 g/mol. The zero-order valence-corrected chi connectivity index (χ0v) is 19.8. The number of aliphatic carboxylic acids is 2. The molecule has 2 N–H and O–H groups in total. The molecule has 0 aliphatic carbocycles. The van der Waals surface area contributed by atoms with Crippen LogP contribution in [0.2, 0.25) is 0 Å². The number of carboxylic acids is 2. The fourth-order valence-corrected chi connectivity index (χ4v) is 3.98. The smallest absolute Gasteiger partial charge is 0.475 e. The van der Waals surface area contributed by atoms with E-state index >= 15 is 0 Å². The molecule has 10 nitrogen and oxygen atoms in total. The van der Waals surface area contributed by atoms with Gasteiger partial charge in [0.1, 0.15) is 5.69 Å². The molecule has 1 amide bonds. The second kappa shape index (κ2) is 12.6. The molecule has 16 heteroatoms. The molecule has 0 radical (unpaired) electrons. The second-order valence-electron chi connectivity index (χ2n) is 8.15. The Morgan fingerprint density at radius 3 is 2.03 bits per heavy atom. The summed E-state index contributed by atoms with van der Waals surface area (Å²) in [4.78, 5) is 47.7. The summed E-state index contributed by atoms with van der Waals surface area (Å²) >= 11 is 0. The Morgan fingerprint density at radius 2 is 1.53 bits per heavy atom. The van der Waals surface area contributed by atoms with Crippen LogP contribution in [-0.2, 0) is 16.1 Å². The number of carbonyl (C=O) groups excluding carboxylic acids is 1. The van der Waals surface area contributed by atoms with Crippen LogP contribution in [0, 0.1) is 6.92 Å². The zero-order chi connectivity index (χ0) is 28.7. The Kier molecular flexibility index (Phi) is 10.1. The van der Waals surface area contributed by atoms with E-state index in [-0.39, 0.29) is 11.9 Å². The predicted octanol–water partition coefficient (Wildman–Crippen LogP) is 2.94. The summed E-state index contributed by atoms with van der Waals surface area (Å²) in [5.41, 5.74) is 2.60. The van der Waals surface area contributed by atoms with Gasteiger partial charge >= 0.3 is 24.3 Å². The molecular formula is C22H23F6N5O5. The molecule has 2 aliphatic heterocycles. The van der Waals surface area contributed by atoms with Crippen LogP contribution in [0.1, 0.15) is 34.7 Å². The zero-order valence-electron chi connectivity index (χ0n) is 19.8. The van der Waals surface area contributed by atoms with Crippen molar-refractivity contribution in [1.82, 2.24) is 24.8 Å². The van der Waals surface area contributed by atoms with Crippen LogP contribution in [0.5, 0.6) is 0 Å². The summed E-state index contributed by atoms with van der Waals surface area (Å²) < 4.78 is 63.5. The Balaban J connectivity index is 0.000000301. The number of amides is 1. The standard InChI is InChI=1S/C18H21N5O.2C2HF3O2/c1-13-3-2-4-14(21-13)12-22-9-5-17-16(22)6-10-23(17)18(24)15-11-19-7-8-20-15;2*3-2(4,5)1(6)7/h2-4,7-8,11,16-17H,5-6,9-10,12H2,1H3;2*(H,6,7)/t16-,17+;;/m0../s1. The molecular weight excluding hydrogens is 528 g/mol. The normalized spacial score (nSPS) is 19.0. The molecule has 4 heterocycles. The van der Waals surface area contributed by atoms with Crippen molar-refractivity contribution >= 4 is 17.8 Å². The van der Waals surface area contributed by atoms with Gasteiger partial charge in [-0.25, -0.2) is 14.6 Å². The van der Waals surface area contributed by atoms with Gasteiger partial charge in [0.15, 0.2) is 0 Å². The Hall–Kier alpha value is -3.82. The van der Waals surface area contributed by atoms with Gasteiger partial charge in [-0.15, -0.1) is 0 Å². The summed E-state index contributed by atoms with van der Waals surface area (Å²) in [6, 6.07) is 6.87. The molecule has 2 aromatic heterocycles. The lowest BCUT2D eigenvalue weighted by molar-refractivity contribution is -0.193. The van der Waals surface area contributed by atoms with Crippen LogP contribution in [0.25, 0.3) is 0 Å². The molecule has 2 aliphatic rings. The number of nitrogens with zero attached hydrogens (tertiary/aromatic N) is 5. The number of halogens is 6. The summed E-state index contributed by atoms with van der Waals surface area (Å²) in [5.74, 6) is -5.51. The monoisotopic (exact) mass is 551 g/mol. The lowest BCUT2D eigenvalue weighted by Gasteiger charge is -2.25.